The van der Waals surface area contributed by atoms with Crippen LogP contribution < -0.4 is 0 Å². The van der Waals surface area contributed by atoms with Gasteiger partial charge in [0.05, 0.1) is 11.3 Å². The van der Waals surface area contributed by atoms with Gasteiger partial charge in [0.2, 0.25) is 5.78 Å². The van der Waals surface area contributed by atoms with E-state index in [2.05, 4.69) is 17.1 Å². The van der Waals surface area contributed by atoms with E-state index in [-0.39, 0.29) is 5.78 Å². The first kappa shape index (κ1) is 12.5. The normalized spacial score (nSPS) is 10.8. The molecule has 2 aromatic heterocycles. The molecule has 5 heteroatoms. The fraction of sp³-hybridized carbons (Fsp3) is 0.462. The van der Waals surface area contributed by atoms with Crippen LogP contribution in [0.15, 0.2) is 18.5 Å². The van der Waals surface area contributed by atoms with E-state index in [4.69, 9.17) is 0 Å². The van der Waals surface area contributed by atoms with Gasteiger partial charge in [0.25, 0.3) is 0 Å². The van der Waals surface area contributed by atoms with E-state index in [9.17, 15) is 4.79 Å². The lowest BCUT2D eigenvalue weighted by Gasteiger charge is -2.04. The summed E-state index contributed by atoms with van der Waals surface area (Å²) < 4.78 is 3.45. The van der Waals surface area contributed by atoms with Crippen molar-refractivity contribution in [2.75, 3.05) is 0 Å². The third-order valence-electron chi connectivity index (χ3n) is 2.87. The molecule has 0 bridgehead atoms. The Balaban J connectivity index is 2.38. The van der Waals surface area contributed by atoms with Gasteiger partial charge in [0.15, 0.2) is 0 Å². The fourth-order valence-electron chi connectivity index (χ4n) is 2.04. The van der Waals surface area contributed by atoms with Crippen LogP contribution in [0.5, 0.6) is 0 Å². The summed E-state index contributed by atoms with van der Waals surface area (Å²) in [5, 5.41) is 8.49. The summed E-state index contributed by atoms with van der Waals surface area (Å²) in [7, 11) is 1.83. The second-order valence-electron chi connectivity index (χ2n) is 4.29. The van der Waals surface area contributed by atoms with Gasteiger partial charge >= 0.3 is 0 Å². The Hall–Kier alpha value is -1.91. The lowest BCUT2D eigenvalue weighted by atomic mass is 10.1. The van der Waals surface area contributed by atoms with Crippen molar-refractivity contribution in [3.63, 3.8) is 0 Å². The summed E-state index contributed by atoms with van der Waals surface area (Å²) in [5.74, 6) is 0.00546. The summed E-state index contributed by atoms with van der Waals surface area (Å²) in [4.78, 5) is 12.5. The van der Waals surface area contributed by atoms with Crippen molar-refractivity contribution >= 4 is 5.78 Å². The molecule has 0 aromatic carbocycles. The molecule has 5 nitrogen and oxygen atoms in total. The molecule has 18 heavy (non-hydrogen) atoms. The number of rotatable bonds is 5. The Labute approximate surface area is 106 Å². The highest BCUT2D eigenvalue weighted by molar-refractivity contribution is 6.08. The van der Waals surface area contributed by atoms with Gasteiger partial charge in [-0.05, 0) is 18.9 Å². The molecule has 0 saturated carbocycles. The van der Waals surface area contributed by atoms with E-state index < -0.39 is 0 Å². The zero-order valence-electron chi connectivity index (χ0n) is 11.1. The van der Waals surface area contributed by atoms with Gasteiger partial charge in [0.1, 0.15) is 5.69 Å². The summed E-state index contributed by atoms with van der Waals surface area (Å²) in [6, 6.07) is 1.77. The summed E-state index contributed by atoms with van der Waals surface area (Å²) in [5.41, 5.74) is 2.16. The van der Waals surface area contributed by atoms with E-state index in [0.29, 0.717) is 11.3 Å². The number of aryl methyl sites for hydroxylation is 3. The number of ketones is 1. The predicted octanol–water partition coefficient (Wildman–Crippen LogP) is 1.82. The monoisotopic (exact) mass is 246 g/mol. The maximum atomic E-state index is 12.5. The average Bonchev–Trinajstić information content (AvgIpc) is 2.95. The van der Waals surface area contributed by atoms with Crippen molar-refractivity contribution < 1.29 is 4.79 Å². The fourth-order valence-corrected chi connectivity index (χ4v) is 2.04. The van der Waals surface area contributed by atoms with Crippen LogP contribution in [0.3, 0.4) is 0 Å². The molecule has 0 aliphatic carbocycles. The van der Waals surface area contributed by atoms with E-state index in [1.54, 1.807) is 27.8 Å². The minimum absolute atomic E-state index is 0.00546. The molecule has 0 radical (unpaired) electrons. The number of hydrogen-bond acceptors (Lipinski definition) is 3. The molecule has 2 aromatic rings. The first-order valence-electron chi connectivity index (χ1n) is 6.26. The van der Waals surface area contributed by atoms with Crippen LogP contribution in [0.1, 0.15) is 42.0 Å². The Morgan fingerprint density at radius 3 is 2.83 bits per heavy atom. The number of aromatic nitrogens is 4. The molecular weight excluding hydrogens is 228 g/mol. The molecule has 0 unspecified atom stereocenters. The summed E-state index contributed by atoms with van der Waals surface area (Å²) in [6.07, 6.45) is 5.16. The lowest BCUT2D eigenvalue weighted by Crippen LogP contribution is -2.12. The minimum Gasteiger partial charge on any atom is -0.287 e. The van der Waals surface area contributed by atoms with Gasteiger partial charge in [-0.1, -0.05) is 13.8 Å². The van der Waals surface area contributed by atoms with Crippen molar-refractivity contribution in [1.82, 2.24) is 19.6 Å². The van der Waals surface area contributed by atoms with Crippen LogP contribution in [-0.2, 0) is 20.0 Å². The Morgan fingerprint density at radius 1 is 1.39 bits per heavy atom. The van der Waals surface area contributed by atoms with Crippen LogP contribution in [-0.4, -0.2) is 25.3 Å². The van der Waals surface area contributed by atoms with Crippen LogP contribution in [0.2, 0.25) is 0 Å². The van der Waals surface area contributed by atoms with E-state index >= 15 is 0 Å². The average molecular weight is 246 g/mol. The van der Waals surface area contributed by atoms with E-state index in [0.717, 1.165) is 25.1 Å². The highest BCUT2D eigenvalue weighted by Crippen LogP contribution is 2.14. The van der Waals surface area contributed by atoms with Crippen LogP contribution in [0.4, 0.5) is 0 Å². The SMILES string of the molecule is CCCn1nccc1C(=O)c1cn(C)nc1CC. The van der Waals surface area contributed by atoms with E-state index in [1.807, 2.05) is 14.0 Å². The van der Waals surface area contributed by atoms with Crippen molar-refractivity contribution in [3.05, 3.63) is 35.4 Å². The minimum atomic E-state index is 0.00546. The number of carbonyl (C=O) groups excluding carboxylic acids is 1. The summed E-state index contributed by atoms with van der Waals surface area (Å²) in [6.45, 7) is 4.83. The molecule has 96 valence electrons. The maximum Gasteiger partial charge on any atom is 0.214 e. The zero-order valence-corrected chi connectivity index (χ0v) is 11.1. The van der Waals surface area contributed by atoms with Gasteiger partial charge in [0, 0.05) is 26.0 Å². The molecule has 2 heterocycles. The molecule has 2 rings (SSSR count). The Bertz CT molecular complexity index is 553. The second kappa shape index (κ2) is 5.16. The van der Waals surface area contributed by atoms with Gasteiger partial charge in [-0.3, -0.25) is 14.2 Å². The first-order chi connectivity index (χ1) is 8.67. The molecular formula is C13H18N4O. The van der Waals surface area contributed by atoms with Crippen LogP contribution in [0.25, 0.3) is 0 Å². The third kappa shape index (κ3) is 2.20. The Kier molecular flexibility index (Phi) is 3.60. The van der Waals surface area contributed by atoms with Gasteiger partial charge in [-0.25, -0.2) is 0 Å². The smallest absolute Gasteiger partial charge is 0.214 e. The summed E-state index contributed by atoms with van der Waals surface area (Å²) >= 11 is 0. The third-order valence-corrected chi connectivity index (χ3v) is 2.87. The van der Waals surface area contributed by atoms with Crippen molar-refractivity contribution in [3.8, 4) is 0 Å². The Morgan fingerprint density at radius 2 is 2.17 bits per heavy atom. The first-order valence-corrected chi connectivity index (χ1v) is 6.26. The standard InChI is InChI=1S/C13H18N4O/c1-4-8-17-12(6-7-14-17)13(18)10-9-16(3)15-11(10)5-2/h6-7,9H,4-5,8H2,1-3H3. The topological polar surface area (TPSA) is 52.7 Å². The molecule has 0 fully saturated rings. The molecule has 0 spiro atoms. The number of nitrogens with zero attached hydrogens (tertiary/aromatic N) is 4. The van der Waals surface area contributed by atoms with Crippen LogP contribution in [0, 0.1) is 0 Å². The van der Waals surface area contributed by atoms with Crippen molar-refractivity contribution in [2.24, 2.45) is 7.05 Å². The van der Waals surface area contributed by atoms with Gasteiger partial charge < -0.3 is 0 Å². The molecule has 0 amide bonds. The highest BCUT2D eigenvalue weighted by Gasteiger charge is 2.19. The quantitative estimate of drug-likeness (QED) is 0.756. The molecule has 0 aliphatic rings. The number of hydrogen-bond donors (Lipinski definition) is 0. The van der Waals surface area contributed by atoms with Gasteiger partial charge in [-0.15, -0.1) is 0 Å². The molecule has 0 aliphatic heterocycles. The number of carbonyl (C=O) groups is 1. The predicted molar refractivity (Wildman–Crippen MR) is 68.5 cm³/mol. The van der Waals surface area contributed by atoms with Crippen LogP contribution >= 0.6 is 0 Å². The highest BCUT2D eigenvalue weighted by atomic mass is 16.1. The van der Waals surface area contributed by atoms with Crippen molar-refractivity contribution in [1.29, 1.82) is 0 Å². The van der Waals surface area contributed by atoms with Crippen molar-refractivity contribution in [2.45, 2.75) is 33.2 Å². The second-order valence-corrected chi connectivity index (χ2v) is 4.29. The molecule has 0 saturated heterocycles. The zero-order chi connectivity index (χ0) is 13.1. The molecule has 0 atom stereocenters. The lowest BCUT2D eigenvalue weighted by molar-refractivity contribution is 0.102. The van der Waals surface area contributed by atoms with E-state index in [1.165, 1.54) is 0 Å². The molecule has 0 N–H and O–H groups in total. The largest absolute Gasteiger partial charge is 0.287 e. The van der Waals surface area contributed by atoms with Gasteiger partial charge in [-0.2, -0.15) is 10.2 Å². The maximum absolute atomic E-state index is 12.5.